The molecule has 4 heteroatoms. The predicted molar refractivity (Wildman–Crippen MR) is 105 cm³/mol. The van der Waals surface area contributed by atoms with E-state index in [9.17, 15) is 4.79 Å². The lowest BCUT2D eigenvalue weighted by Gasteiger charge is -2.18. The Labute approximate surface area is 154 Å². The van der Waals surface area contributed by atoms with E-state index in [1.807, 2.05) is 12.1 Å². The molecule has 1 aromatic heterocycles. The van der Waals surface area contributed by atoms with Crippen molar-refractivity contribution < 1.29 is 9.15 Å². The molecule has 0 aliphatic heterocycles. The van der Waals surface area contributed by atoms with Crippen LogP contribution in [0, 0.1) is 0 Å². The number of benzene rings is 2. The van der Waals surface area contributed by atoms with Crippen LogP contribution >= 0.6 is 0 Å². The molecule has 0 saturated carbocycles. The van der Waals surface area contributed by atoms with Crippen molar-refractivity contribution >= 4 is 11.0 Å². The Bertz CT molecular complexity index is 942. The normalized spacial score (nSPS) is 11.5. The summed E-state index contributed by atoms with van der Waals surface area (Å²) in [5.41, 5.74) is 3.78. The molecule has 0 N–H and O–H groups in total. The zero-order valence-corrected chi connectivity index (χ0v) is 15.8. The number of hydrogen-bond donors (Lipinski definition) is 0. The van der Waals surface area contributed by atoms with Crippen LogP contribution in [0.15, 0.2) is 57.7 Å². The minimum atomic E-state index is -0.338. The van der Waals surface area contributed by atoms with Crippen LogP contribution in [0.25, 0.3) is 11.0 Å². The maximum absolute atomic E-state index is 11.9. The second-order valence-electron chi connectivity index (χ2n) is 7.02. The molecule has 3 rings (SSSR count). The fourth-order valence-electron chi connectivity index (χ4n) is 3.13. The van der Waals surface area contributed by atoms with E-state index < -0.39 is 0 Å². The van der Waals surface area contributed by atoms with Crippen LogP contribution in [-0.4, -0.2) is 19.1 Å². The average Bonchev–Trinajstić information content (AvgIpc) is 2.61. The lowest BCUT2D eigenvalue weighted by Crippen LogP contribution is -2.18. The number of fused-ring (bicyclic) bond motifs is 1. The summed E-state index contributed by atoms with van der Waals surface area (Å²) < 4.78 is 10.5. The van der Waals surface area contributed by atoms with Crippen LogP contribution < -0.4 is 10.4 Å². The highest BCUT2D eigenvalue weighted by molar-refractivity contribution is 5.81. The molecule has 0 unspecified atom stereocenters. The van der Waals surface area contributed by atoms with E-state index in [-0.39, 0.29) is 5.63 Å². The van der Waals surface area contributed by atoms with E-state index in [1.54, 1.807) is 19.2 Å². The van der Waals surface area contributed by atoms with E-state index in [4.69, 9.17) is 9.15 Å². The van der Waals surface area contributed by atoms with Crippen molar-refractivity contribution in [2.45, 2.75) is 32.9 Å². The summed E-state index contributed by atoms with van der Waals surface area (Å²) in [6, 6.07) is 15.9. The zero-order valence-electron chi connectivity index (χ0n) is 15.8. The molecule has 0 saturated heterocycles. The number of ether oxygens (including phenoxy) is 1. The number of rotatable bonds is 6. The topological polar surface area (TPSA) is 42.7 Å². The van der Waals surface area contributed by atoms with Gasteiger partial charge in [0.25, 0.3) is 0 Å². The second kappa shape index (κ2) is 7.75. The first-order valence-electron chi connectivity index (χ1n) is 8.84. The largest absolute Gasteiger partial charge is 0.497 e. The predicted octanol–water partition coefficient (Wildman–Crippen LogP) is 4.56. The maximum atomic E-state index is 11.9. The van der Waals surface area contributed by atoms with Gasteiger partial charge in [0.05, 0.1) is 7.11 Å². The van der Waals surface area contributed by atoms with Gasteiger partial charge in [-0.2, -0.15) is 0 Å². The van der Waals surface area contributed by atoms with Crippen molar-refractivity contribution in [3.05, 3.63) is 75.6 Å². The number of nitrogens with zero attached hydrogens (tertiary/aromatic N) is 1. The van der Waals surface area contributed by atoms with Crippen molar-refractivity contribution in [1.29, 1.82) is 0 Å². The minimum Gasteiger partial charge on any atom is -0.497 e. The molecule has 26 heavy (non-hydrogen) atoms. The van der Waals surface area contributed by atoms with E-state index in [2.05, 4.69) is 50.1 Å². The molecule has 0 bridgehead atoms. The van der Waals surface area contributed by atoms with Gasteiger partial charge in [-0.05, 0) is 41.8 Å². The molecule has 0 atom stereocenters. The highest BCUT2D eigenvalue weighted by Gasteiger charge is 2.10. The van der Waals surface area contributed by atoms with Gasteiger partial charge in [-0.15, -0.1) is 0 Å². The summed E-state index contributed by atoms with van der Waals surface area (Å²) >= 11 is 0. The van der Waals surface area contributed by atoms with Gasteiger partial charge < -0.3 is 9.15 Å². The summed E-state index contributed by atoms with van der Waals surface area (Å²) in [6.07, 6.45) is 0. The minimum absolute atomic E-state index is 0.338. The van der Waals surface area contributed by atoms with E-state index in [0.29, 0.717) is 23.8 Å². The molecule has 4 nitrogen and oxygen atoms in total. The molecule has 0 aliphatic rings. The Morgan fingerprint density at radius 3 is 2.42 bits per heavy atom. The smallest absolute Gasteiger partial charge is 0.336 e. The van der Waals surface area contributed by atoms with Gasteiger partial charge in [0.1, 0.15) is 11.3 Å². The molecule has 1 heterocycles. The zero-order chi connectivity index (χ0) is 18.7. The molecule has 2 aromatic carbocycles. The average molecular weight is 351 g/mol. The third kappa shape index (κ3) is 4.14. The van der Waals surface area contributed by atoms with Gasteiger partial charge in [0.15, 0.2) is 0 Å². The van der Waals surface area contributed by atoms with Crippen LogP contribution in [0.2, 0.25) is 0 Å². The first kappa shape index (κ1) is 18.2. The molecular weight excluding hydrogens is 326 g/mol. The summed E-state index contributed by atoms with van der Waals surface area (Å²) in [5, 5.41) is 0.937. The third-order valence-corrected chi connectivity index (χ3v) is 4.58. The first-order valence-corrected chi connectivity index (χ1v) is 8.84. The highest BCUT2D eigenvalue weighted by Crippen LogP contribution is 2.23. The number of hydrogen-bond acceptors (Lipinski definition) is 4. The summed E-state index contributed by atoms with van der Waals surface area (Å²) in [6.45, 7) is 5.88. The summed E-state index contributed by atoms with van der Waals surface area (Å²) in [5.74, 6) is 1.21. The van der Waals surface area contributed by atoms with Gasteiger partial charge in [-0.1, -0.05) is 38.1 Å². The van der Waals surface area contributed by atoms with E-state index in [0.717, 1.165) is 17.5 Å². The number of methoxy groups -OCH3 is 1. The lowest BCUT2D eigenvalue weighted by atomic mass is 10.0. The monoisotopic (exact) mass is 351 g/mol. The molecule has 0 spiro atoms. The molecule has 3 aromatic rings. The van der Waals surface area contributed by atoms with Crippen LogP contribution in [0.5, 0.6) is 5.75 Å². The Morgan fingerprint density at radius 2 is 1.77 bits per heavy atom. The Hall–Kier alpha value is -2.59. The van der Waals surface area contributed by atoms with Crippen LogP contribution in [0.3, 0.4) is 0 Å². The molecule has 0 radical (unpaired) electrons. The van der Waals surface area contributed by atoms with Crippen molar-refractivity contribution in [3.8, 4) is 5.75 Å². The Kier molecular flexibility index (Phi) is 5.43. The maximum Gasteiger partial charge on any atom is 0.336 e. The Morgan fingerprint density at radius 1 is 1.04 bits per heavy atom. The highest BCUT2D eigenvalue weighted by atomic mass is 16.5. The summed E-state index contributed by atoms with van der Waals surface area (Å²) in [4.78, 5) is 14.1. The molecular formula is C22H25NO3. The van der Waals surface area contributed by atoms with Crippen molar-refractivity contribution in [1.82, 2.24) is 4.90 Å². The SMILES string of the molecule is COc1ccc2c(CN(C)Cc3ccc(C(C)C)cc3)cc(=O)oc2c1. The third-order valence-electron chi connectivity index (χ3n) is 4.58. The van der Waals surface area contributed by atoms with Crippen molar-refractivity contribution in [3.63, 3.8) is 0 Å². The van der Waals surface area contributed by atoms with Crippen LogP contribution in [0.1, 0.15) is 36.5 Å². The molecule has 0 aliphatic carbocycles. The fraction of sp³-hybridized carbons (Fsp3) is 0.318. The van der Waals surface area contributed by atoms with Gasteiger partial charge in [-0.25, -0.2) is 4.79 Å². The van der Waals surface area contributed by atoms with Crippen LogP contribution in [-0.2, 0) is 13.1 Å². The van der Waals surface area contributed by atoms with Crippen LogP contribution in [0.4, 0.5) is 0 Å². The van der Waals surface area contributed by atoms with Gasteiger partial charge in [0.2, 0.25) is 0 Å². The Balaban J connectivity index is 1.80. The molecule has 136 valence electrons. The van der Waals surface area contributed by atoms with Crippen molar-refractivity contribution in [2.24, 2.45) is 0 Å². The van der Waals surface area contributed by atoms with Gasteiger partial charge in [-0.3, -0.25) is 4.90 Å². The summed E-state index contributed by atoms with van der Waals surface area (Å²) in [7, 11) is 3.65. The van der Waals surface area contributed by atoms with Crippen molar-refractivity contribution in [2.75, 3.05) is 14.2 Å². The van der Waals surface area contributed by atoms with E-state index >= 15 is 0 Å². The second-order valence-corrected chi connectivity index (χ2v) is 7.02. The van der Waals surface area contributed by atoms with E-state index in [1.165, 1.54) is 11.1 Å². The quantitative estimate of drug-likeness (QED) is 0.611. The van der Waals surface area contributed by atoms with Gasteiger partial charge in [0, 0.05) is 30.6 Å². The lowest BCUT2D eigenvalue weighted by molar-refractivity contribution is 0.319. The molecule has 0 amide bonds. The fourth-order valence-corrected chi connectivity index (χ4v) is 3.13. The molecule has 0 fully saturated rings. The van der Waals surface area contributed by atoms with Gasteiger partial charge >= 0.3 is 5.63 Å². The first-order chi connectivity index (χ1) is 12.5. The standard InChI is InChI=1S/C22H25NO3/c1-15(2)17-7-5-16(6-8-17)13-23(3)14-18-11-22(24)26-21-12-19(25-4)9-10-20(18)21/h5-12,15H,13-14H2,1-4H3.